The van der Waals surface area contributed by atoms with E-state index in [-0.39, 0.29) is 6.09 Å². The molecule has 0 bridgehead atoms. The molecule has 1 aromatic carbocycles. The van der Waals surface area contributed by atoms with Crippen LogP contribution in [-0.4, -0.2) is 62.9 Å². The van der Waals surface area contributed by atoms with Gasteiger partial charge in [0.05, 0.1) is 13.7 Å². The maximum Gasteiger partial charge on any atom is 0.409 e. The molecule has 156 valence electrons. The number of piperidine rings is 1. The van der Waals surface area contributed by atoms with Crippen LogP contribution in [-0.2, 0) is 11.2 Å². The quantitative estimate of drug-likeness (QED) is 0.553. The van der Waals surface area contributed by atoms with Crippen LogP contribution in [0.5, 0.6) is 5.75 Å². The minimum atomic E-state index is -0.214. The molecule has 0 radical (unpaired) electrons. The molecule has 28 heavy (non-hydrogen) atoms. The average molecular weight is 391 g/mol. The summed E-state index contributed by atoms with van der Waals surface area (Å²) in [5.74, 6) is 1.73. The largest absolute Gasteiger partial charge is 0.496 e. The predicted octanol–water partition coefficient (Wildman–Crippen LogP) is 2.72. The van der Waals surface area contributed by atoms with Crippen molar-refractivity contribution in [3.63, 3.8) is 0 Å². The van der Waals surface area contributed by atoms with Gasteiger partial charge in [-0.05, 0) is 51.7 Å². The maximum absolute atomic E-state index is 11.8. The molecular formula is C21H34N4O3. The molecule has 0 aliphatic carbocycles. The Balaban J connectivity index is 1.88. The molecule has 7 nitrogen and oxygen atoms in total. The summed E-state index contributed by atoms with van der Waals surface area (Å²) in [5.41, 5.74) is 2.39. The highest BCUT2D eigenvalue weighted by atomic mass is 16.6. The smallest absolute Gasteiger partial charge is 0.409 e. The number of nitrogens with zero attached hydrogens (tertiary/aromatic N) is 2. The minimum Gasteiger partial charge on any atom is -0.496 e. The number of benzene rings is 1. The van der Waals surface area contributed by atoms with Crippen molar-refractivity contribution in [2.45, 2.75) is 46.1 Å². The van der Waals surface area contributed by atoms with Gasteiger partial charge in [0.2, 0.25) is 0 Å². The van der Waals surface area contributed by atoms with Crippen molar-refractivity contribution >= 4 is 12.1 Å². The lowest BCUT2D eigenvalue weighted by Crippen LogP contribution is -2.50. The number of guanidine groups is 1. The summed E-state index contributed by atoms with van der Waals surface area (Å²) in [4.78, 5) is 18.3. The van der Waals surface area contributed by atoms with E-state index < -0.39 is 0 Å². The fourth-order valence-corrected chi connectivity index (χ4v) is 3.33. The fraction of sp³-hybridized carbons (Fsp3) is 0.619. The summed E-state index contributed by atoms with van der Waals surface area (Å²) < 4.78 is 10.5. The zero-order valence-corrected chi connectivity index (χ0v) is 17.6. The molecule has 0 atom stereocenters. The molecule has 0 spiro atoms. The molecule has 1 amide bonds. The number of aliphatic imine (C=N–C) groups is 1. The van der Waals surface area contributed by atoms with Crippen LogP contribution in [0.4, 0.5) is 4.79 Å². The summed E-state index contributed by atoms with van der Waals surface area (Å²) >= 11 is 0. The van der Waals surface area contributed by atoms with E-state index in [2.05, 4.69) is 36.6 Å². The van der Waals surface area contributed by atoms with Gasteiger partial charge in [-0.1, -0.05) is 17.7 Å². The number of rotatable bonds is 7. The fourth-order valence-electron chi connectivity index (χ4n) is 3.33. The van der Waals surface area contributed by atoms with E-state index in [0.29, 0.717) is 32.3 Å². The molecule has 1 aliphatic rings. The number of carbonyl (C=O) groups excluding carboxylic acids is 1. The minimum absolute atomic E-state index is 0.214. The first-order valence-electron chi connectivity index (χ1n) is 10.2. The summed E-state index contributed by atoms with van der Waals surface area (Å²) in [6.07, 6.45) is 2.38. The number of methoxy groups -OCH3 is 1. The van der Waals surface area contributed by atoms with E-state index in [1.807, 2.05) is 13.0 Å². The summed E-state index contributed by atoms with van der Waals surface area (Å²) in [5, 5.41) is 6.82. The van der Waals surface area contributed by atoms with Gasteiger partial charge in [-0.3, -0.25) is 4.99 Å². The Kier molecular flexibility index (Phi) is 8.91. The molecule has 1 saturated heterocycles. The molecule has 1 aliphatic heterocycles. The normalized spacial score (nSPS) is 15.3. The lowest BCUT2D eigenvalue weighted by atomic mass is 10.1. The third-order valence-electron chi connectivity index (χ3n) is 4.79. The van der Waals surface area contributed by atoms with Crippen LogP contribution in [0.1, 0.15) is 37.8 Å². The van der Waals surface area contributed by atoms with E-state index in [4.69, 9.17) is 14.5 Å². The number of carbonyl (C=O) groups is 1. The molecule has 0 aromatic heterocycles. The number of hydrogen-bond acceptors (Lipinski definition) is 4. The summed E-state index contributed by atoms with van der Waals surface area (Å²) in [6.45, 7) is 9.28. The van der Waals surface area contributed by atoms with Crippen molar-refractivity contribution in [2.75, 3.05) is 39.9 Å². The Labute approximate surface area is 168 Å². The first-order valence-corrected chi connectivity index (χ1v) is 10.2. The van der Waals surface area contributed by atoms with E-state index in [0.717, 1.165) is 37.5 Å². The van der Waals surface area contributed by atoms with Crippen LogP contribution in [0.25, 0.3) is 0 Å². The third kappa shape index (κ3) is 6.62. The highest BCUT2D eigenvalue weighted by molar-refractivity contribution is 5.80. The molecule has 7 heteroatoms. The average Bonchev–Trinajstić information content (AvgIpc) is 2.69. The molecule has 0 saturated carbocycles. The van der Waals surface area contributed by atoms with Crippen molar-refractivity contribution < 1.29 is 14.3 Å². The molecule has 1 heterocycles. The van der Waals surface area contributed by atoms with Gasteiger partial charge >= 0.3 is 6.09 Å². The van der Waals surface area contributed by atoms with Crippen LogP contribution >= 0.6 is 0 Å². The van der Waals surface area contributed by atoms with Crippen molar-refractivity contribution in [2.24, 2.45) is 4.99 Å². The maximum atomic E-state index is 11.8. The van der Waals surface area contributed by atoms with E-state index in [9.17, 15) is 4.79 Å². The zero-order valence-electron chi connectivity index (χ0n) is 17.6. The Morgan fingerprint density at radius 1 is 1.29 bits per heavy atom. The Hall–Kier alpha value is -2.44. The van der Waals surface area contributed by atoms with Gasteiger partial charge in [-0.25, -0.2) is 4.79 Å². The predicted molar refractivity (Wildman–Crippen MR) is 112 cm³/mol. The molecule has 0 unspecified atom stereocenters. The SMILES string of the molecule is CCNC(=NCCc1cc(C)ccc1OC)NC1CCN(C(=O)OCC)CC1. The molecule has 2 rings (SSSR count). The Morgan fingerprint density at radius 2 is 2.04 bits per heavy atom. The van der Waals surface area contributed by atoms with Gasteiger partial charge in [0.15, 0.2) is 5.96 Å². The second-order valence-corrected chi connectivity index (χ2v) is 6.93. The Morgan fingerprint density at radius 3 is 2.68 bits per heavy atom. The van der Waals surface area contributed by atoms with Crippen LogP contribution < -0.4 is 15.4 Å². The molecular weight excluding hydrogens is 356 g/mol. The van der Waals surface area contributed by atoms with Crippen LogP contribution in [0, 0.1) is 6.92 Å². The van der Waals surface area contributed by atoms with Gasteiger partial charge in [0, 0.05) is 32.2 Å². The second kappa shape index (κ2) is 11.4. The van der Waals surface area contributed by atoms with Gasteiger partial charge in [0.1, 0.15) is 5.75 Å². The van der Waals surface area contributed by atoms with Crippen molar-refractivity contribution in [1.82, 2.24) is 15.5 Å². The number of ether oxygens (including phenoxy) is 2. The van der Waals surface area contributed by atoms with Crippen molar-refractivity contribution in [1.29, 1.82) is 0 Å². The highest BCUT2D eigenvalue weighted by Crippen LogP contribution is 2.20. The summed E-state index contributed by atoms with van der Waals surface area (Å²) in [6, 6.07) is 6.52. The van der Waals surface area contributed by atoms with Crippen LogP contribution in [0.15, 0.2) is 23.2 Å². The van der Waals surface area contributed by atoms with Crippen LogP contribution in [0.2, 0.25) is 0 Å². The van der Waals surface area contributed by atoms with E-state index in [1.165, 1.54) is 11.1 Å². The van der Waals surface area contributed by atoms with Gasteiger partial charge in [-0.2, -0.15) is 0 Å². The van der Waals surface area contributed by atoms with Crippen molar-refractivity contribution in [3.8, 4) is 5.75 Å². The zero-order chi connectivity index (χ0) is 20.4. The first kappa shape index (κ1) is 21.9. The highest BCUT2D eigenvalue weighted by Gasteiger charge is 2.24. The number of likely N-dealkylation sites (tertiary alicyclic amines) is 1. The number of aryl methyl sites for hydroxylation is 1. The van der Waals surface area contributed by atoms with E-state index in [1.54, 1.807) is 12.0 Å². The van der Waals surface area contributed by atoms with Crippen LogP contribution in [0.3, 0.4) is 0 Å². The van der Waals surface area contributed by atoms with Gasteiger partial charge < -0.3 is 25.0 Å². The molecule has 1 fully saturated rings. The van der Waals surface area contributed by atoms with Gasteiger partial charge in [-0.15, -0.1) is 0 Å². The van der Waals surface area contributed by atoms with Gasteiger partial charge in [0.25, 0.3) is 0 Å². The Bertz CT molecular complexity index is 655. The number of nitrogens with one attached hydrogen (secondary N) is 2. The lowest BCUT2D eigenvalue weighted by Gasteiger charge is -2.32. The standard InChI is InChI=1S/C21H34N4O3/c1-5-22-20(23-12-9-17-15-16(3)7-8-19(17)27-4)24-18-10-13-25(14-11-18)21(26)28-6-2/h7-8,15,18H,5-6,9-14H2,1-4H3,(H2,22,23,24). The monoisotopic (exact) mass is 390 g/mol. The van der Waals surface area contributed by atoms with Crippen molar-refractivity contribution in [3.05, 3.63) is 29.3 Å². The van der Waals surface area contributed by atoms with E-state index >= 15 is 0 Å². The topological polar surface area (TPSA) is 75.2 Å². The lowest BCUT2D eigenvalue weighted by molar-refractivity contribution is 0.0963. The third-order valence-corrected chi connectivity index (χ3v) is 4.79. The number of amides is 1. The molecule has 2 N–H and O–H groups in total. The first-order chi connectivity index (χ1) is 13.6. The summed E-state index contributed by atoms with van der Waals surface area (Å²) in [7, 11) is 1.70. The number of hydrogen-bond donors (Lipinski definition) is 2. The molecule has 1 aromatic rings. The second-order valence-electron chi connectivity index (χ2n) is 6.93.